The largest absolute Gasteiger partial charge is 0.481 e. The normalized spacial score (nSPS) is 14.5. The van der Waals surface area contributed by atoms with E-state index in [2.05, 4.69) is 15.3 Å². The fourth-order valence-electron chi connectivity index (χ4n) is 1.12. The van der Waals surface area contributed by atoms with Gasteiger partial charge in [0, 0.05) is 6.04 Å². The minimum Gasteiger partial charge on any atom is -0.481 e. The fourth-order valence-corrected chi connectivity index (χ4v) is 1.18. The Hall–Kier alpha value is -1.03. The van der Waals surface area contributed by atoms with Gasteiger partial charge < -0.3 is 10.1 Å². The molecule has 0 aliphatic rings. The van der Waals surface area contributed by atoms with Gasteiger partial charge in [0.25, 0.3) is 0 Å². The standard InChI is InChI=1S/C10H16ClN3O/c1-6-9(14-8(3)7(2)11)12-5-13-10(6)15-4/h5,7-8H,1-4H3,(H,12,13,14). The van der Waals surface area contributed by atoms with Crippen LogP contribution in [-0.4, -0.2) is 28.5 Å². The predicted molar refractivity (Wildman–Crippen MR) is 61.7 cm³/mol. The molecule has 1 heterocycles. The van der Waals surface area contributed by atoms with E-state index in [1.54, 1.807) is 7.11 Å². The van der Waals surface area contributed by atoms with E-state index in [0.717, 1.165) is 11.4 Å². The summed E-state index contributed by atoms with van der Waals surface area (Å²) < 4.78 is 5.10. The highest BCUT2D eigenvalue weighted by Crippen LogP contribution is 2.21. The average molecular weight is 230 g/mol. The number of anilines is 1. The van der Waals surface area contributed by atoms with E-state index < -0.39 is 0 Å². The van der Waals surface area contributed by atoms with Crippen LogP contribution < -0.4 is 10.1 Å². The molecule has 1 aromatic heterocycles. The van der Waals surface area contributed by atoms with Gasteiger partial charge in [0.05, 0.1) is 18.1 Å². The Labute approximate surface area is 95.0 Å². The smallest absolute Gasteiger partial charge is 0.221 e. The fraction of sp³-hybridized carbons (Fsp3) is 0.600. The summed E-state index contributed by atoms with van der Waals surface area (Å²) in [6.07, 6.45) is 1.47. The molecule has 1 aromatic rings. The summed E-state index contributed by atoms with van der Waals surface area (Å²) in [6, 6.07) is 0.143. The van der Waals surface area contributed by atoms with Gasteiger partial charge in [-0.15, -0.1) is 11.6 Å². The van der Waals surface area contributed by atoms with Crippen molar-refractivity contribution in [1.29, 1.82) is 0 Å². The second kappa shape index (κ2) is 5.16. The number of nitrogens with zero attached hydrogens (tertiary/aromatic N) is 2. The lowest BCUT2D eigenvalue weighted by molar-refractivity contribution is 0.393. The molecule has 2 unspecified atom stereocenters. The molecule has 0 amide bonds. The monoisotopic (exact) mass is 229 g/mol. The lowest BCUT2D eigenvalue weighted by atomic mass is 10.2. The zero-order valence-corrected chi connectivity index (χ0v) is 10.2. The first-order valence-corrected chi connectivity index (χ1v) is 5.26. The number of alkyl halides is 1. The lowest BCUT2D eigenvalue weighted by Gasteiger charge is -2.18. The maximum atomic E-state index is 5.97. The zero-order chi connectivity index (χ0) is 11.4. The number of rotatable bonds is 4. The molecule has 1 N–H and O–H groups in total. The molecule has 0 fully saturated rings. The second-order valence-corrected chi connectivity index (χ2v) is 4.16. The molecule has 84 valence electrons. The van der Waals surface area contributed by atoms with Crippen molar-refractivity contribution in [3.05, 3.63) is 11.9 Å². The van der Waals surface area contributed by atoms with Crippen molar-refractivity contribution in [3.63, 3.8) is 0 Å². The molecule has 0 radical (unpaired) electrons. The summed E-state index contributed by atoms with van der Waals surface area (Å²) in [6.45, 7) is 5.85. The van der Waals surface area contributed by atoms with Crippen molar-refractivity contribution in [2.75, 3.05) is 12.4 Å². The zero-order valence-electron chi connectivity index (χ0n) is 9.41. The molecular formula is C10H16ClN3O. The average Bonchev–Trinajstić information content (AvgIpc) is 2.21. The minimum absolute atomic E-state index is 0.0327. The van der Waals surface area contributed by atoms with Crippen LogP contribution >= 0.6 is 11.6 Å². The quantitative estimate of drug-likeness (QED) is 0.805. The maximum absolute atomic E-state index is 5.97. The highest BCUT2D eigenvalue weighted by molar-refractivity contribution is 6.20. The Kier molecular flexibility index (Phi) is 4.15. The number of ether oxygens (including phenoxy) is 1. The van der Waals surface area contributed by atoms with E-state index in [4.69, 9.17) is 16.3 Å². The third-order valence-corrected chi connectivity index (χ3v) is 2.66. The van der Waals surface area contributed by atoms with Gasteiger partial charge in [0.15, 0.2) is 0 Å². The van der Waals surface area contributed by atoms with Crippen LogP contribution in [0.2, 0.25) is 0 Å². The topological polar surface area (TPSA) is 47.0 Å². The van der Waals surface area contributed by atoms with E-state index in [-0.39, 0.29) is 11.4 Å². The van der Waals surface area contributed by atoms with Crippen LogP contribution in [0.1, 0.15) is 19.4 Å². The third-order valence-electron chi connectivity index (χ3n) is 2.28. The Morgan fingerprint density at radius 1 is 1.40 bits per heavy atom. The van der Waals surface area contributed by atoms with Crippen molar-refractivity contribution in [1.82, 2.24) is 9.97 Å². The van der Waals surface area contributed by atoms with Crippen LogP contribution in [0.5, 0.6) is 5.88 Å². The predicted octanol–water partition coefficient (Wildman–Crippen LogP) is 2.22. The number of hydrogen-bond donors (Lipinski definition) is 1. The Bertz CT molecular complexity index is 330. The molecular weight excluding hydrogens is 214 g/mol. The van der Waals surface area contributed by atoms with Crippen LogP contribution in [0.3, 0.4) is 0 Å². The van der Waals surface area contributed by atoms with Gasteiger partial charge in [-0.25, -0.2) is 9.97 Å². The molecule has 5 heteroatoms. The molecule has 0 spiro atoms. The van der Waals surface area contributed by atoms with Gasteiger partial charge in [0.1, 0.15) is 12.1 Å². The number of nitrogens with one attached hydrogen (secondary N) is 1. The van der Waals surface area contributed by atoms with E-state index >= 15 is 0 Å². The summed E-state index contributed by atoms with van der Waals surface area (Å²) in [5.74, 6) is 1.35. The van der Waals surface area contributed by atoms with Gasteiger partial charge in [0.2, 0.25) is 5.88 Å². The lowest BCUT2D eigenvalue weighted by Crippen LogP contribution is -2.25. The van der Waals surface area contributed by atoms with E-state index in [0.29, 0.717) is 5.88 Å². The van der Waals surface area contributed by atoms with Crippen LogP contribution in [0.25, 0.3) is 0 Å². The molecule has 2 atom stereocenters. The summed E-state index contributed by atoms with van der Waals surface area (Å²) in [4.78, 5) is 8.15. The highest BCUT2D eigenvalue weighted by Gasteiger charge is 2.12. The van der Waals surface area contributed by atoms with Gasteiger partial charge in [-0.3, -0.25) is 0 Å². The summed E-state index contributed by atoms with van der Waals surface area (Å²) in [7, 11) is 1.59. The Morgan fingerprint density at radius 3 is 2.60 bits per heavy atom. The number of methoxy groups -OCH3 is 1. The molecule has 1 rings (SSSR count). The summed E-state index contributed by atoms with van der Waals surface area (Å²) in [5.41, 5.74) is 0.893. The molecule has 0 aromatic carbocycles. The van der Waals surface area contributed by atoms with Crippen LogP contribution in [0.4, 0.5) is 5.82 Å². The maximum Gasteiger partial charge on any atom is 0.221 e. The Morgan fingerprint density at radius 2 is 2.07 bits per heavy atom. The first kappa shape index (κ1) is 12.0. The van der Waals surface area contributed by atoms with Gasteiger partial charge in [-0.05, 0) is 20.8 Å². The summed E-state index contributed by atoms with van der Waals surface area (Å²) in [5, 5.41) is 3.25. The van der Waals surface area contributed by atoms with Crippen LogP contribution in [0.15, 0.2) is 6.33 Å². The number of hydrogen-bond acceptors (Lipinski definition) is 4. The molecule has 0 aliphatic heterocycles. The second-order valence-electron chi connectivity index (χ2n) is 3.47. The molecule has 4 nitrogen and oxygen atoms in total. The highest BCUT2D eigenvalue weighted by atomic mass is 35.5. The molecule has 0 aliphatic carbocycles. The van der Waals surface area contributed by atoms with Gasteiger partial charge in [-0.2, -0.15) is 0 Å². The van der Waals surface area contributed by atoms with E-state index in [1.165, 1.54) is 6.33 Å². The first-order chi connectivity index (χ1) is 7.06. The van der Waals surface area contributed by atoms with Crippen molar-refractivity contribution in [3.8, 4) is 5.88 Å². The molecule has 0 saturated heterocycles. The van der Waals surface area contributed by atoms with E-state index in [1.807, 2.05) is 20.8 Å². The van der Waals surface area contributed by atoms with Crippen molar-refractivity contribution < 1.29 is 4.74 Å². The van der Waals surface area contributed by atoms with Crippen LogP contribution in [-0.2, 0) is 0 Å². The summed E-state index contributed by atoms with van der Waals surface area (Å²) >= 11 is 5.97. The number of aromatic nitrogens is 2. The first-order valence-electron chi connectivity index (χ1n) is 4.82. The van der Waals surface area contributed by atoms with Gasteiger partial charge >= 0.3 is 0 Å². The SMILES string of the molecule is COc1ncnc(NC(C)C(C)Cl)c1C. The van der Waals surface area contributed by atoms with Crippen molar-refractivity contribution in [2.45, 2.75) is 32.2 Å². The third kappa shape index (κ3) is 2.96. The van der Waals surface area contributed by atoms with E-state index in [9.17, 15) is 0 Å². The molecule has 0 bridgehead atoms. The van der Waals surface area contributed by atoms with Crippen molar-refractivity contribution >= 4 is 17.4 Å². The Balaban J connectivity index is 2.86. The molecule has 0 saturated carbocycles. The van der Waals surface area contributed by atoms with Crippen LogP contribution in [0, 0.1) is 6.92 Å². The number of halogens is 1. The van der Waals surface area contributed by atoms with Gasteiger partial charge in [-0.1, -0.05) is 0 Å². The minimum atomic E-state index is 0.0327. The van der Waals surface area contributed by atoms with Crippen molar-refractivity contribution in [2.24, 2.45) is 0 Å². The molecule has 15 heavy (non-hydrogen) atoms.